The second kappa shape index (κ2) is 4.67. The Bertz CT molecular complexity index is 582. The van der Waals surface area contributed by atoms with Gasteiger partial charge in [-0.05, 0) is 30.7 Å². The Hall–Kier alpha value is -1.45. The van der Waals surface area contributed by atoms with Crippen molar-refractivity contribution >= 4 is 11.6 Å². The summed E-state index contributed by atoms with van der Waals surface area (Å²) in [6.07, 6.45) is 0. The topological polar surface area (TPSA) is 26.0 Å². The minimum absolute atomic E-state index is 0.102. The van der Waals surface area contributed by atoms with Crippen LogP contribution in [0, 0.1) is 11.6 Å². The van der Waals surface area contributed by atoms with Gasteiger partial charge in [-0.1, -0.05) is 35.9 Å². The standard InChI is InChI=1S/C14H12ClF2N/c1-14(18,9-4-2-5-10(15)8-9)11-6-3-7-12(16)13(11)17/h2-8H,18H2,1H3. The Labute approximate surface area is 109 Å². The lowest BCUT2D eigenvalue weighted by atomic mass is 9.85. The molecular formula is C14H12ClF2N. The fourth-order valence-corrected chi connectivity index (χ4v) is 2.06. The van der Waals surface area contributed by atoms with Gasteiger partial charge in [0.1, 0.15) is 0 Å². The van der Waals surface area contributed by atoms with E-state index in [0.29, 0.717) is 10.6 Å². The SMILES string of the molecule is CC(N)(c1cccc(Cl)c1)c1cccc(F)c1F. The molecule has 1 atom stereocenters. The molecule has 4 heteroatoms. The molecular weight excluding hydrogens is 256 g/mol. The molecule has 18 heavy (non-hydrogen) atoms. The average Bonchev–Trinajstić information content (AvgIpc) is 2.32. The van der Waals surface area contributed by atoms with Crippen LogP contribution in [0.4, 0.5) is 8.78 Å². The third-order valence-electron chi connectivity index (χ3n) is 2.94. The number of hydrogen-bond donors (Lipinski definition) is 1. The van der Waals surface area contributed by atoms with E-state index in [1.165, 1.54) is 12.1 Å². The quantitative estimate of drug-likeness (QED) is 0.879. The molecule has 0 bridgehead atoms. The predicted octanol–water partition coefficient (Wildman–Crippen LogP) is 3.84. The summed E-state index contributed by atoms with van der Waals surface area (Å²) in [5, 5.41) is 0.501. The van der Waals surface area contributed by atoms with Crippen LogP contribution < -0.4 is 5.73 Å². The van der Waals surface area contributed by atoms with Gasteiger partial charge in [-0.3, -0.25) is 0 Å². The molecule has 2 aromatic rings. The Balaban J connectivity index is 2.57. The maximum absolute atomic E-state index is 13.8. The summed E-state index contributed by atoms with van der Waals surface area (Å²) < 4.78 is 27.0. The second-order valence-corrected chi connectivity index (χ2v) is 4.75. The fourth-order valence-electron chi connectivity index (χ4n) is 1.87. The van der Waals surface area contributed by atoms with E-state index in [4.69, 9.17) is 17.3 Å². The molecule has 0 aliphatic rings. The van der Waals surface area contributed by atoms with Crippen LogP contribution in [0.3, 0.4) is 0 Å². The molecule has 94 valence electrons. The molecule has 0 saturated heterocycles. The number of benzene rings is 2. The van der Waals surface area contributed by atoms with Crippen molar-refractivity contribution in [2.45, 2.75) is 12.5 Å². The van der Waals surface area contributed by atoms with Crippen molar-refractivity contribution in [3.63, 3.8) is 0 Å². The molecule has 2 aromatic carbocycles. The molecule has 2 rings (SSSR count). The minimum atomic E-state index is -1.14. The van der Waals surface area contributed by atoms with E-state index in [1.807, 2.05) is 0 Å². The fraction of sp³-hybridized carbons (Fsp3) is 0.143. The van der Waals surface area contributed by atoms with Gasteiger partial charge in [-0.25, -0.2) is 8.78 Å². The summed E-state index contributed by atoms with van der Waals surface area (Å²) in [4.78, 5) is 0. The van der Waals surface area contributed by atoms with E-state index in [2.05, 4.69) is 0 Å². The highest BCUT2D eigenvalue weighted by atomic mass is 35.5. The van der Waals surface area contributed by atoms with Gasteiger partial charge in [0, 0.05) is 10.6 Å². The van der Waals surface area contributed by atoms with Crippen molar-refractivity contribution in [3.05, 3.63) is 70.2 Å². The molecule has 0 heterocycles. The van der Waals surface area contributed by atoms with Crippen LogP contribution in [0.1, 0.15) is 18.1 Å². The zero-order chi connectivity index (χ0) is 13.3. The summed E-state index contributed by atoms with van der Waals surface area (Å²) in [5.41, 5.74) is 5.72. The van der Waals surface area contributed by atoms with Gasteiger partial charge < -0.3 is 5.73 Å². The lowest BCUT2D eigenvalue weighted by Crippen LogP contribution is -2.35. The zero-order valence-corrected chi connectivity index (χ0v) is 10.5. The highest BCUT2D eigenvalue weighted by molar-refractivity contribution is 6.30. The van der Waals surface area contributed by atoms with Crippen molar-refractivity contribution in [2.24, 2.45) is 5.73 Å². The van der Waals surface area contributed by atoms with E-state index < -0.39 is 17.2 Å². The Kier molecular flexibility index (Phi) is 3.37. The van der Waals surface area contributed by atoms with Crippen LogP contribution in [0.5, 0.6) is 0 Å². The summed E-state index contributed by atoms with van der Waals surface area (Å²) in [6.45, 7) is 1.62. The average molecular weight is 268 g/mol. The van der Waals surface area contributed by atoms with Crippen molar-refractivity contribution in [1.82, 2.24) is 0 Å². The van der Waals surface area contributed by atoms with E-state index in [1.54, 1.807) is 31.2 Å². The van der Waals surface area contributed by atoms with E-state index in [-0.39, 0.29) is 5.56 Å². The van der Waals surface area contributed by atoms with Crippen molar-refractivity contribution in [3.8, 4) is 0 Å². The van der Waals surface area contributed by atoms with Gasteiger partial charge in [-0.15, -0.1) is 0 Å². The van der Waals surface area contributed by atoms with Crippen LogP contribution in [-0.2, 0) is 5.54 Å². The summed E-state index contributed by atoms with van der Waals surface area (Å²) in [6, 6.07) is 10.8. The molecule has 0 fully saturated rings. The maximum Gasteiger partial charge on any atom is 0.164 e. The maximum atomic E-state index is 13.8. The third kappa shape index (κ3) is 2.24. The molecule has 0 aromatic heterocycles. The molecule has 0 saturated carbocycles. The number of rotatable bonds is 2. The Morgan fingerprint density at radius 1 is 1.11 bits per heavy atom. The monoisotopic (exact) mass is 267 g/mol. The van der Waals surface area contributed by atoms with E-state index >= 15 is 0 Å². The van der Waals surface area contributed by atoms with Gasteiger partial charge >= 0.3 is 0 Å². The molecule has 0 aliphatic heterocycles. The van der Waals surface area contributed by atoms with E-state index in [9.17, 15) is 8.78 Å². The first-order valence-corrected chi connectivity index (χ1v) is 5.80. The van der Waals surface area contributed by atoms with Crippen LogP contribution in [0.25, 0.3) is 0 Å². The van der Waals surface area contributed by atoms with Crippen LogP contribution >= 0.6 is 11.6 Å². The highest BCUT2D eigenvalue weighted by Crippen LogP contribution is 2.30. The minimum Gasteiger partial charge on any atom is -0.318 e. The molecule has 2 N–H and O–H groups in total. The van der Waals surface area contributed by atoms with Gasteiger partial charge in [0.2, 0.25) is 0 Å². The second-order valence-electron chi connectivity index (χ2n) is 4.31. The largest absolute Gasteiger partial charge is 0.318 e. The first-order chi connectivity index (χ1) is 8.43. The summed E-state index contributed by atoms with van der Waals surface area (Å²) >= 11 is 5.89. The molecule has 1 nitrogen and oxygen atoms in total. The zero-order valence-electron chi connectivity index (χ0n) is 9.75. The van der Waals surface area contributed by atoms with Gasteiger partial charge in [-0.2, -0.15) is 0 Å². The lowest BCUT2D eigenvalue weighted by Gasteiger charge is -2.26. The van der Waals surface area contributed by atoms with Gasteiger partial charge in [0.05, 0.1) is 5.54 Å². The molecule has 0 spiro atoms. The molecule has 0 amide bonds. The number of halogens is 3. The van der Waals surface area contributed by atoms with Crippen molar-refractivity contribution < 1.29 is 8.78 Å². The lowest BCUT2D eigenvalue weighted by molar-refractivity contribution is 0.468. The van der Waals surface area contributed by atoms with Gasteiger partial charge in [0.25, 0.3) is 0 Å². The van der Waals surface area contributed by atoms with Crippen molar-refractivity contribution in [1.29, 1.82) is 0 Å². The van der Waals surface area contributed by atoms with Crippen LogP contribution in [0.2, 0.25) is 5.02 Å². The molecule has 0 radical (unpaired) electrons. The van der Waals surface area contributed by atoms with Crippen LogP contribution in [0.15, 0.2) is 42.5 Å². The highest BCUT2D eigenvalue weighted by Gasteiger charge is 2.28. The normalized spacial score (nSPS) is 14.3. The van der Waals surface area contributed by atoms with E-state index in [0.717, 1.165) is 6.07 Å². The number of hydrogen-bond acceptors (Lipinski definition) is 1. The summed E-state index contributed by atoms with van der Waals surface area (Å²) in [5.74, 6) is -1.84. The third-order valence-corrected chi connectivity index (χ3v) is 3.17. The van der Waals surface area contributed by atoms with Gasteiger partial charge in [0.15, 0.2) is 11.6 Å². The molecule has 0 aliphatic carbocycles. The smallest absolute Gasteiger partial charge is 0.164 e. The first-order valence-electron chi connectivity index (χ1n) is 5.42. The Morgan fingerprint density at radius 3 is 2.44 bits per heavy atom. The predicted molar refractivity (Wildman–Crippen MR) is 68.5 cm³/mol. The van der Waals surface area contributed by atoms with Crippen LogP contribution in [-0.4, -0.2) is 0 Å². The summed E-state index contributed by atoms with van der Waals surface area (Å²) in [7, 11) is 0. The van der Waals surface area contributed by atoms with Crippen molar-refractivity contribution in [2.75, 3.05) is 0 Å². The Morgan fingerprint density at radius 2 is 1.78 bits per heavy atom. The number of nitrogens with two attached hydrogens (primary N) is 1. The molecule has 1 unspecified atom stereocenters. The first kappa shape index (κ1) is 13.0.